The van der Waals surface area contributed by atoms with Gasteiger partial charge in [0.1, 0.15) is 0 Å². The lowest BCUT2D eigenvalue weighted by Crippen LogP contribution is -2.00. The van der Waals surface area contributed by atoms with Crippen LogP contribution in [0.3, 0.4) is 0 Å². The zero-order chi connectivity index (χ0) is 45.4. The third-order valence-corrected chi connectivity index (χ3v) is 14.8. The Labute approximate surface area is 401 Å². The highest BCUT2D eigenvalue weighted by Crippen LogP contribution is 2.45. The summed E-state index contributed by atoms with van der Waals surface area (Å²) >= 11 is 1.86. The highest BCUT2D eigenvalue weighted by molar-refractivity contribution is 7.26. The van der Waals surface area contributed by atoms with Crippen molar-refractivity contribution in [1.29, 1.82) is 0 Å². The fourth-order valence-corrected chi connectivity index (χ4v) is 11.5. The molecule has 14 rings (SSSR count). The molecule has 0 radical (unpaired) electrons. The zero-order valence-corrected chi connectivity index (χ0v) is 38.0. The molecule has 4 aromatic heterocycles. The van der Waals surface area contributed by atoms with Crippen LogP contribution in [0, 0.1) is 0 Å². The van der Waals surface area contributed by atoms with Gasteiger partial charge in [0.15, 0.2) is 17.5 Å². The molecular weight excluding hydrogens is 859 g/mol. The van der Waals surface area contributed by atoms with Crippen LogP contribution in [-0.2, 0) is 0 Å². The van der Waals surface area contributed by atoms with Crippen LogP contribution in [0.4, 0.5) is 0 Å². The Bertz CT molecular complexity index is 4110. The SMILES string of the molecule is c1ccc(-c2ccc(-c3nc(-c4ccc(-c5ccccc5)cc4)nc(-c4ccc5c(c4)c4ccc6c7cc(-n8c9ccccc9c9ccccc98)ccc7sc6c4n5-c4ccccc4)n3)cc2)cc1. The van der Waals surface area contributed by atoms with E-state index < -0.39 is 0 Å². The number of thiophene rings is 1. The average Bonchev–Trinajstić information content (AvgIpc) is 4.09. The second-order valence-corrected chi connectivity index (χ2v) is 18.6. The van der Waals surface area contributed by atoms with Crippen molar-refractivity contribution in [2.75, 3.05) is 0 Å². The van der Waals surface area contributed by atoms with Crippen LogP contribution in [0.15, 0.2) is 237 Å². The predicted octanol–water partition coefficient (Wildman–Crippen LogP) is 16.8. The molecule has 0 spiro atoms. The molecule has 0 atom stereocenters. The van der Waals surface area contributed by atoms with Crippen molar-refractivity contribution >= 4 is 75.1 Å². The third kappa shape index (κ3) is 6.49. The lowest BCUT2D eigenvalue weighted by molar-refractivity contribution is 1.07. The van der Waals surface area contributed by atoms with E-state index >= 15 is 0 Å². The zero-order valence-electron chi connectivity index (χ0n) is 37.2. The first-order chi connectivity index (χ1) is 34.2. The van der Waals surface area contributed by atoms with Crippen LogP contribution < -0.4 is 0 Å². The summed E-state index contributed by atoms with van der Waals surface area (Å²) < 4.78 is 7.36. The van der Waals surface area contributed by atoms with Gasteiger partial charge in [0.25, 0.3) is 0 Å². The molecule has 0 aliphatic heterocycles. The van der Waals surface area contributed by atoms with Gasteiger partial charge in [-0.05, 0) is 82.9 Å². The van der Waals surface area contributed by atoms with E-state index in [1.54, 1.807) is 0 Å². The smallest absolute Gasteiger partial charge is 0.164 e. The number of aromatic nitrogens is 5. The van der Waals surface area contributed by atoms with Crippen molar-refractivity contribution in [2.45, 2.75) is 0 Å². The van der Waals surface area contributed by atoms with Crippen LogP contribution in [0.2, 0.25) is 0 Å². The van der Waals surface area contributed by atoms with E-state index in [1.807, 2.05) is 23.5 Å². The first kappa shape index (κ1) is 39.2. The van der Waals surface area contributed by atoms with E-state index in [1.165, 1.54) is 64.0 Å². The molecule has 0 fully saturated rings. The number of fused-ring (bicyclic) bond motifs is 10. The van der Waals surface area contributed by atoms with Gasteiger partial charge < -0.3 is 9.13 Å². The van der Waals surface area contributed by atoms with E-state index in [-0.39, 0.29) is 0 Å². The molecule has 4 heterocycles. The Balaban J connectivity index is 0.946. The van der Waals surface area contributed by atoms with Gasteiger partial charge in [-0.25, -0.2) is 15.0 Å². The van der Waals surface area contributed by atoms with E-state index in [2.05, 4.69) is 234 Å². The van der Waals surface area contributed by atoms with Crippen LogP contribution in [-0.4, -0.2) is 24.1 Å². The van der Waals surface area contributed by atoms with Crippen molar-refractivity contribution in [3.05, 3.63) is 237 Å². The fourth-order valence-electron chi connectivity index (χ4n) is 10.3. The minimum Gasteiger partial charge on any atom is -0.309 e. The molecule has 0 saturated heterocycles. The second-order valence-electron chi connectivity index (χ2n) is 17.6. The Morgan fingerprint density at radius 1 is 0.275 bits per heavy atom. The van der Waals surface area contributed by atoms with Crippen LogP contribution in [0.25, 0.3) is 132 Å². The van der Waals surface area contributed by atoms with Crippen LogP contribution >= 0.6 is 11.3 Å². The number of nitrogens with zero attached hydrogens (tertiary/aromatic N) is 5. The second kappa shape index (κ2) is 15.8. The normalized spacial score (nSPS) is 11.8. The van der Waals surface area contributed by atoms with Gasteiger partial charge in [-0.1, -0.05) is 176 Å². The molecule has 10 aromatic carbocycles. The summed E-state index contributed by atoms with van der Waals surface area (Å²) in [5, 5.41) is 7.33. The maximum absolute atomic E-state index is 5.24. The minimum atomic E-state index is 0.623. The number of hydrogen-bond donors (Lipinski definition) is 0. The van der Waals surface area contributed by atoms with Gasteiger partial charge in [-0.2, -0.15) is 0 Å². The van der Waals surface area contributed by atoms with Crippen molar-refractivity contribution < 1.29 is 0 Å². The van der Waals surface area contributed by atoms with Crippen molar-refractivity contribution in [1.82, 2.24) is 24.1 Å². The number of benzene rings is 10. The Morgan fingerprint density at radius 2 is 0.739 bits per heavy atom. The molecule has 6 heteroatoms. The van der Waals surface area contributed by atoms with Gasteiger partial charge in [0.2, 0.25) is 0 Å². The molecule has 0 aliphatic rings. The highest BCUT2D eigenvalue weighted by Gasteiger charge is 2.21. The van der Waals surface area contributed by atoms with Gasteiger partial charge >= 0.3 is 0 Å². The first-order valence-corrected chi connectivity index (χ1v) is 24.1. The molecule has 14 aromatic rings. The lowest BCUT2D eigenvalue weighted by Gasteiger charge is -2.11. The average molecular weight is 898 g/mol. The Kier molecular flexibility index (Phi) is 9.00. The monoisotopic (exact) mass is 897 g/mol. The summed E-state index contributed by atoms with van der Waals surface area (Å²) in [6.45, 7) is 0. The van der Waals surface area contributed by atoms with Gasteiger partial charge in [0.05, 0.1) is 26.8 Å². The largest absolute Gasteiger partial charge is 0.309 e. The summed E-state index contributed by atoms with van der Waals surface area (Å²) in [6.07, 6.45) is 0. The van der Waals surface area contributed by atoms with E-state index in [9.17, 15) is 0 Å². The molecule has 0 saturated carbocycles. The van der Waals surface area contributed by atoms with E-state index in [0.717, 1.165) is 50.1 Å². The summed E-state index contributed by atoms with van der Waals surface area (Å²) in [5.41, 5.74) is 14.4. The van der Waals surface area contributed by atoms with Crippen molar-refractivity contribution in [2.24, 2.45) is 0 Å². The third-order valence-electron chi connectivity index (χ3n) is 13.6. The number of para-hydroxylation sites is 3. The van der Waals surface area contributed by atoms with E-state index in [4.69, 9.17) is 15.0 Å². The fraction of sp³-hybridized carbons (Fsp3) is 0. The topological polar surface area (TPSA) is 48.5 Å². The maximum atomic E-state index is 5.24. The molecule has 0 N–H and O–H groups in total. The van der Waals surface area contributed by atoms with Crippen LogP contribution in [0.5, 0.6) is 0 Å². The summed E-state index contributed by atoms with van der Waals surface area (Å²) in [5.74, 6) is 1.87. The molecule has 5 nitrogen and oxygen atoms in total. The predicted molar refractivity (Wildman–Crippen MR) is 289 cm³/mol. The molecule has 0 bridgehead atoms. The van der Waals surface area contributed by atoms with Crippen LogP contribution in [0.1, 0.15) is 0 Å². The summed E-state index contributed by atoms with van der Waals surface area (Å²) in [4.78, 5) is 15.6. The molecule has 69 heavy (non-hydrogen) atoms. The van der Waals surface area contributed by atoms with Gasteiger partial charge in [-0.3, -0.25) is 0 Å². The minimum absolute atomic E-state index is 0.623. The van der Waals surface area contributed by atoms with Gasteiger partial charge in [0, 0.05) is 65.1 Å². The maximum Gasteiger partial charge on any atom is 0.164 e. The molecular formula is C63H39N5S. The lowest BCUT2D eigenvalue weighted by atomic mass is 10.0. The molecule has 0 amide bonds. The highest BCUT2D eigenvalue weighted by atomic mass is 32.1. The van der Waals surface area contributed by atoms with E-state index in [0.29, 0.717) is 17.5 Å². The molecule has 322 valence electrons. The quantitative estimate of drug-likeness (QED) is 0.160. The number of hydrogen-bond acceptors (Lipinski definition) is 4. The summed E-state index contributed by atoms with van der Waals surface area (Å²) in [7, 11) is 0. The number of rotatable bonds is 7. The Hall–Kier alpha value is -8.97. The molecule has 0 aliphatic carbocycles. The Morgan fingerprint density at radius 3 is 1.33 bits per heavy atom. The van der Waals surface area contributed by atoms with Crippen molar-refractivity contribution in [3.63, 3.8) is 0 Å². The standard InChI is InChI=1S/C63H39N5S/c1-4-14-40(15-5-1)42-24-28-44(29-25-42)61-64-62(45-30-26-43(27-31-45)41-16-6-2-7-17-41)66-63(65-61)46-32-36-57-53(38-46)51-34-35-52-54-39-48(67-55-22-12-10-20-49(55)50-21-11-13-23-56(50)67)33-37-58(54)69-60(52)59(51)68(57)47-18-8-3-9-19-47/h1-39H. The van der Waals surface area contributed by atoms with Crippen molar-refractivity contribution in [3.8, 4) is 67.8 Å². The molecule has 0 unspecified atom stereocenters. The summed E-state index contributed by atoms with van der Waals surface area (Å²) in [6, 6.07) is 84.4. The first-order valence-electron chi connectivity index (χ1n) is 23.3. The van der Waals surface area contributed by atoms with Gasteiger partial charge in [-0.15, -0.1) is 11.3 Å².